The number of carbonyl (C=O) groups is 2. The Kier molecular flexibility index (Phi) is 9.31. The van der Waals surface area contributed by atoms with Gasteiger partial charge in [-0.25, -0.2) is 13.2 Å². The van der Waals surface area contributed by atoms with E-state index in [9.17, 15) is 18.0 Å². The minimum absolute atomic E-state index is 0.0296. The quantitative estimate of drug-likeness (QED) is 0.546. The van der Waals surface area contributed by atoms with Crippen LogP contribution in [0.2, 0.25) is 0 Å². The number of benzene rings is 1. The summed E-state index contributed by atoms with van der Waals surface area (Å²) < 4.78 is 23.2. The summed E-state index contributed by atoms with van der Waals surface area (Å²) in [5.74, 6) is 0.0296. The van der Waals surface area contributed by atoms with Crippen LogP contribution >= 0.6 is 0 Å². The zero-order valence-corrected chi connectivity index (χ0v) is 19.6. The molecule has 1 aromatic rings. The Morgan fingerprint density at radius 3 is 2.42 bits per heavy atom. The zero-order valence-electron chi connectivity index (χ0n) is 18.8. The summed E-state index contributed by atoms with van der Waals surface area (Å²) in [6, 6.07) is 7.41. The van der Waals surface area contributed by atoms with Crippen molar-refractivity contribution in [2.45, 2.75) is 50.5 Å². The highest BCUT2D eigenvalue weighted by molar-refractivity contribution is 7.90. The van der Waals surface area contributed by atoms with Gasteiger partial charge in [0.25, 0.3) is 0 Å². The molecule has 1 unspecified atom stereocenters. The van der Waals surface area contributed by atoms with E-state index in [1.165, 1.54) is 11.2 Å². The van der Waals surface area contributed by atoms with E-state index < -0.39 is 15.9 Å². The smallest absolute Gasteiger partial charge is 0.407 e. The van der Waals surface area contributed by atoms with E-state index >= 15 is 0 Å². The number of sulfone groups is 1. The van der Waals surface area contributed by atoms with Gasteiger partial charge in [-0.05, 0) is 57.0 Å². The van der Waals surface area contributed by atoms with E-state index in [1.807, 2.05) is 12.1 Å². The van der Waals surface area contributed by atoms with Gasteiger partial charge in [-0.15, -0.1) is 0 Å². The van der Waals surface area contributed by atoms with Gasteiger partial charge in [0.05, 0.1) is 4.90 Å². The highest BCUT2D eigenvalue weighted by atomic mass is 32.2. The summed E-state index contributed by atoms with van der Waals surface area (Å²) in [5.41, 5.74) is 1.11. The monoisotopic (exact) mass is 453 g/mol. The molecular weight excluding hydrogens is 418 g/mol. The van der Waals surface area contributed by atoms with Gasteiger partial charge in [0.2, 0.25) is 5.91 Å². The minimum atomic E-state index is -3.18. The molecule has 0 spiro atoms. The van der Waals surface area contributed by atoms with Gasteiger partial charge in [0, 0.05) is 44.9 Å². The number of rotatable bonds is 10. The second-order valence-electron chi connectivity index (χ2n) is 8.21. The van der Waals surface area contributed by atoms with Crippen molar-refractivity contribution in [1.82, 2.24) is 14.7 Å². The van der Waals surface area contributed by atoms with Crippen LogP contribution in [0.5, 0.6) is 0 Å². The van der Waals surface area contributed by atoms with Crippen molar-refractivity contribution in [2.75, 3.05) is 45.5 Å². The van der Waals surface area contributed by atoms with Gasteiger partial charge in [0.15, 0.2) is 9.84 Å². The summed E-state index contributed by atoms with van der Waals surface area (Å²) >= 11 is 0. The first-order valence-electron chi connectivity index (χ1n) is 10.9. The topological polar surface area (TPSA) is 98.2 Å². The molecule has 1 saturated heterocycles. The minimum Gasteiger partial charge on any atom is -0.465 e. The van der Waals surface area contributed by atoms with Crippen LogP contribution < -0.4 is 0 Å². The lowest BCUT2D eigenvalue weighted by Crippen LogP contribution is -2.37. The van der Waals surface area contributed by atoms with Crippen molar-refractivity contribution in [3.63, 3.8) is 0 Å². The van der Waals surface area contributed by atoms with Crippen LogP contribution in [0.1, 0.15) is 38.7 Å². The molecular formula is C22H35N3O5S. The van der Waals surface area contributed by atoms with Gasteiger partial charge in [-0.1, -0.05) is 19.1 Å². The number of amides is 2. The SMILES string of the molecule is CCN(CCCCN1CCN(C(=O)O)CCC1=O)C(C)Cc1ccc(S(C)(=O)=O)cc1. The lowest BCUT2D eigenvalue weighted by molar-refractivity contribution is -0.130. The molecule has 0 saturated carbocycles. The van der Waals surface area contributed by atoms with E-state index in [-0.39, 0.29) is 18.9 Å². The second kappa shape index (κ2) is 11.5. The predicted octanol–water partition coefficient (Wildman–Crippen LogP) is 2.34. The Bertz CT molecular complexity index is 841. The third-order valence-electron chi connectivity index (χ3n) is 5.89. The molecule has 9 heteroatoms. The van der Waals surface area contributed by atoms with Gasteiger partial charge in [-0.2, -0.15) is 0 Å². The third kappa shape index (κ3) is 7.81. The van der Waals surface area contributed by atoms with Crippen molar-refractivity contribution < 1.29 is 23.1 Å². The highest BCUT2D eigenvalue weighted by Crippen LogP contribution is 2.14. The van der Waals surface area contributed by atoms with Crippen LogP contribution in [0.3, 0.4) is 0 Å². The fourth-order valence-corrected chi connectivity index (χ4v) is 4.58. The standard InChI is InChI=1S/C22H35N3O5S/c1-4-23(18(2)17-19-7-9-20(10-8-19)31(3,29)30)12-5-6-13-24-15-16-25(22(27)28)14-11-21(24)26/h7-10,18H,4-6,11-17H2,1-3H3,(H,27,28). The molecule has 0 radical (unpaired) electrons. The van der Waals surface area contributed by atoms with Crippen molar-refractivity contribution in [2.24, 2.45) is 0 Å². The van der Waals surface area contributed by atoms with E-state index in [2.05, 4.69) is 18.7 Å². The maximum absolute atomic E-state index is 12.2. The third-order valence-corrected chi connectivity index (χ3v) is 7.02. The summed E-state index contributed by atoms with van der Waals surface area (Å²) in [6.45, 7) is 7.90. The Morgan fingerprint density at radius 2 is 1.84 bits per heavy atom. The maximum atomic E-state index is 12.2. The fourth-order valence-electron chi connectivity index (χ4n) is 3.95. The first-order valence-corrected chi connectivity index (χ1v) is 12.8. The van der Waals surface area contributed by atoms with E-state index in [0.717, 1.165) is 37.9 Å². The Hall–Kier alpha value is -2.13. The van der Waals surface area contributed by atoms with E-state index in [0.29, 0.717) is 30.6 Å². The largest absolute Gasteiger partial charge is 0.465 e. The number of carbonyl (C=O) groups excluding carboxylic acids is 1. The zero-order chi connectivity index (χ0) is 23.0. The number of unbranched alkanes of at least 4 members (excludes halogenated alkanes) is 1. The van der Waals surface area contributed by atoms with E-state index in [1.54, 1.807) is 17.0 Å². The normalized spacial score (nSPS) is 16.5. The number of hydrogen-bond donors (Lipinski definition) is 1. The lowest BCUT2D eigenvalue weighted by Gasteiger charge is -2.28. The van der Waals surface area contributed by atoms with E-state index in [4.69, 9.17) is 5.11 Å². The first kappa shape index (κ1) is 25.1. The molecule has 1 N–H and O–H groups in total. The number of carboxylic acid groups (broad SMARTS) is 1. The maximum Gasteiger partial charge on any atom is 0.407 e. The summed E-state index contributed by atoms with van der Waals surface area (Å²) in [6.07, 6.45) is 3.18. The van der Waals surface area contributed by atoms with Gasteiger partial charge in [0.1, 0.15) is 0 Å². The van der Waals surface area contributed by atoms with Crippen LogP contribution in [0.15, 0.2) is 29.2 Å². The molecule has 1 fully saturated rings. The first-order chi connectivity index (χ1) is 14.6. The second-order valence-corrected chi connectivity index (χ2v) is 10.2. The lowest BCUT2D eigenvalue weighted by atomic mass is 10.1. The molecule has 1 aliphatic rings. The predicted molar refractivity (Wildman–Crippen MR) is 120 cm³/mol. The molecule has 0 bridgehead atoms. The van der Waals surface area contributed by atoms with Gasteiger partial charge in [-0.3, -0.25) is 4.79 Å². The molecule has 0 aromatic heterocycles. The molecule has 174 valence electrons. The molecule has 1 aromatic carbocycles. The number of nitrogens with zero attached hydrogens (tertiary/aromatic N) is 3. The van der Waals surface area contributed by atoms with Crippen molar-refractivity contribution in [1.29, 1.82) is 0 Å². The molecule has 1 atom stereocenters. The fraction of sp³-hybridized carbons (Fsp3) is 0.636. The van der Waals surface area contributed by atoms with Crippen molar-refractivity contribution in [3.05, 3.63) is 29.8 Å². The Morgan fingerprint density at radius 1 is 1.16 bits per heavy atom. The molecule has 8 nitrogen and oxygen atoms in total. The van der Waals surface area contributed by atoms with Crippen LogP contribution in [-0.4, -0.2) is 91.8 Å². The molecule has 1 heterocycles. The number of likely N-dealkylation sites (N-methyl/N-ethyl adjacent to an activating group) is 1. The summed E-state index contributed by atoms with van der Waals surface area (Å²) in [7, 11) is -3.18. The molecule has 1 aliphatic heterocycles. The summed E-state index contributed by atoms with van der Waals surface area (Å²) in [5, 5.41) is 9.11. The van der Waals surface area contributed by atoms with Gasteiger partial charge < -0.3 is 19.8 Å². The van der Waals surface area contributed by atoms with Crippen LogP contribution in [0.25, 0.3) is 0 Å². The summed E-state index contributed by atoms with van der Waals surface area (Å²) in [4.78, 5) is 29.1. The average Bonchev–Trinajstić information content (AvgIpc) is 2.89. The van der Waals surface area contributed by atoms with Gasteiger partial charge >= 0.3 is 6.09 Å². The Balaban J connectivity index is 1.78. The molecule has 31 heavy (non-hydrogen) atoms. The van der Waals surface area contributed by atoms with Crippen LogP contribution in [0.4, 0.5) is 4.79 Å². The van der Waals surface area contributed by atoms with Crippen LogP contribution in [-0.2, 0) is 21.1 Å². The Labute approximate surface area is 185 Å². The van der Waals surface area contributed by atoms with Crippen molar-refractivity contribution >= 4 is 21.8 Å². The highest BCUT2D eigenvalue weighted by Gasteiger charge is 2.23. The van der Waals surface area contributed by atoms with Crippen LogP contribution in [0, 0.1) is 0 Å². The molecule has 2 amide bonds. The number of hydrogen-bond acceptors (Lipinski definition) is 5. The molecule has 0 aliphatic carbocycles. The average molecular weight is 454 g/mol. The molecule has 2 rings (SSSR count). The van der Waals surface area contributed by atoms with Crippen molar-refractivity contribution in [3.8, 4) is 0 Å².